The van der Waals surface area contributed by atoms with Crippen molar-refractivity contribution in [2.45, 2.75) is 102 Å². The van der Waals surface area contributed by atoms with Gasteiger partial charge >= 0.3 is 0 Å². The number of halogens is 2. The number of hydrogen-bond acceptors (Lipinski definition) is 7. The number of aliphatic hydroxyl groups is 1. The van der Waals surface area contributed by atoms with E-state index in [0.29, 0.717) is 59.3 Å². The predicted molar refractivity (Wildman–Crippen MR) is 217 cm³/mol. The number of aliphatic hydroxyl groups excluding tert-OH is 1. The molecule has 2 aliphatic carbocycles. The summed E-state index contributed by atoms with van der Waals surface area (Å²) >= 11 is 6.94. The Morgan fingerprint density at radius 2 is 1.82 bits per heavy atom. The van der Waals surface area contributed by atoms with Crippen molar-refractivity contribution in [3.05, 3.63) is 117 Å². The largest absolute Gasteiger partial charge is 0.493 e. The van der Waals surface area contributed by atoms with Gasteiger partial charge in [0.25, 0.3) is 0 Å². The molecule has 56 heavy (non-hydrogen) atoms. The van der Waals surface area contributed by atoms with Crippen molar-refractivity contribution in [1.29, 1.82) is 5.26 Å². The van der Waals surface area contributed by atoms with Crippen LogP contribution >= 0.6 is 11.6 Å². The maximum absolute atomic E-state index is 14.2. The van der Waals surface area contributed by atoms with E-state index in [1.165, 1.54) is 11.1 Å². The summed E-state index contributed by atoms with van der Waals surface area (Å²) in [4.78, 5) is 5.85. The Bertz CT molecular complexity index is 2090. The number of benzene rings is 4. The lowest BCUT2D eigenvalue weighted by molar-refractivity contribution is 0.0715. The second-order valence-corrected chi connectivity index (χ2v) is 16.1. The lowest BCUT2D eigenvalue weighted by Gasteiger charge is -2.34. The van der Waals surface area contributed by atoms with Gasteiger partial charge in [0.15, 0.2) is 5.69 Å². The molecule has 1 saturated carbocycles. The normalized spacial score (nSPS) is 20.2. The number of nitriles is 1. The molecule has 0 aromatic heterocycles. The molecule has 1 saturated heterocycles. The Hall–Kier alpha value is -4.64. The van der Waals surface area contributed by atoms with E-state index in [1.807, 2.05) is 18.2 Å². The van der Waals surface area contributed by atoms with Crippen LogP contribution in [0.15, 0.2) is 66.7 Å². The molecule has 1 aliphatic heterocycles. The summed E-state index contributed by atoms with van der Waals surface area (Å²) in [7, 11) is 0. The van der Waals surface area contributed by atoms with E-state index in [4.69, 9.17) is 32.4 Å². The number of piperidine rings is 1. The molecule has 4 aromatic carbocycles. The zero-order chi connectivity index (χ0) is 39.2. The molecule has 0 spiro atoms. The minimum absolute atomic E-state index is 0.00707. The first-order valence-electron chi connectivity index (χ1n) is 19.8. The smallest absolute Gasteiger partial charge is 0.188 e. The number of nitrogens with one attached hydrogen (secondary N) is 1. The van der Waals surface area contributed by atoms with E-state index in [1.54, 1.807) is 25.1 Å². The molecular formula is C46H50ClFN4O4. The fraction of sp³-hybridized carbons (Fsp3) is 0.435. The Morgan fingerprint density at radius 3 is 2.59 bits per heavy atom. The zero-order valence-electron chi connectivity index (χ0n) is 32.3. The van der Waals surface area contributed by atoms with Crippen LogP contribution in [0.2, 0.25) is 5.02 Å². The predicted octanol–water partition coefficient (Wildman–Crippen LogP) is 9.98. The zero-order valence-corrected chi connectivity index (χ0v) is 33.0. The summed E-state index contributed by atoms with van der Waals surface area (Å²) in [6, 6.07) is 23.5. The average molecular weight is 777 g/mol. The van der Waals surface area contributed by atoms with Gasteiger partial charge in [-0.1, -0.05) is 41.9 Å². The summed E-state index contributed by atoms with van der Waals surface area (Å²) in [5.74, 6) is 1.97. The highest BCUT2D eigenvalue weighted by Crippen LogP contribution is 2.44. The molecule has 292 valence electrons. The van der Waals surface area contributed by atoms with Crippen LogP contribution in [0.1, 0.15) is 91.4 Å². The SMILES string of the molecule is [C-]#[N+]c1cc(C#N)cc(COc2cc(O[C@H]3CCc4c(-c5cccc(OCCCN6CCC(C)(F)CC6)c5C)cccc43)c(Cl)cc2CN[C@H]2CCC[C@@H]2O)c1. The maximum Gasteiger partial charge on any atom is 0.188 e. The van der Waals surface area contributed by atoms with E-state index >= 15 is 0 Å². The molecule has 1 heterocycles. The van der Waals surface area contributed by atoms with Crippen LogP contribution in [-0.2, 0) is 19.6 Å². The molecule has 0 unspecified atom stereocenters. The minimum atomic E-state index is -1.04. The van der Waals surface area contributed by atoms with Crippen molar-refractivity contribution in [2.75, 3.05) is 26.2 Å². The van der Waals surface area contributed by atoms with Crippen molar-refractivity contribution in [2.24, 2.45) is 0 Å². The third kappa shape index (κ3) is 9.31. The van der Waals surface area contributed by atoms with E-state index in [2.05, 4.69) is 58.4 Å². The van der Waals surface area contributed by atoms with Gasteiger partial charge in [-0.3, -0.25) is 0 Å². The third-order valence-corrected chi connectivity index (χ3v) is 11.9. The van der Waals surface area contributed by atoms with Gasteiger partial charge in [-0.2, -0.15) is 5.26 Å². The monoisotopic (exact) mass is 776 g/mol. The standard InChI is InChI=1S/C46H50ClFN4O4/c1-30-35(8-5-13-42(30)54-21-7-18-52-19-16-46(2,48)17-20-52)36-9-4-10-38-37(36)14-15-43(38)56-45-26-44(55-29-32-22-31(27-49)23-34(24-32)50-3)33(25-39(45)47)28-51-40-11-6-12-41(40)53/h4-5,8-10,13,22-26,40-41,43,51,53H,6-7,11-12,14-21,28-29H2,1-2H3/t40-,41-,43-/m0/s1. The van der Waals surface area contributed by atoms with Crippen molar-refractivity contribution in [3.63, 3.8) is 0 Å². The molecule has 0 amide bonds. The van der Waals surface area contributed by atoms with Gasteiger partial charge in [0, 0.05) is 49.4 Å². The van der Waals surface area contributed by atoms with Crippen molar-refractivity contribution in [1.82, 2.24) is 10.2 Å². The van der Waals surface area contributed by atoms with Crippen LogP contribution in [0, 0.1) is 24.8 Å². The highest BCUT2D eigenvalue weighted by molar-refractivity contribution is 6.32. The van der Waals surface area contributed by atoms with E-state index in [9.17, 15) is 14.8 Å². The number of alkyl halides is 1. The Kier molecular flexibility index (Phi) is 12.5. The van der Waals surface area contributed by atoms with Gasteiger partial charge in [-0.15, -0.1) is 0 Å². The molecule has 2 N–H and O–H groups in total. The number of likely N-dealkylation sites (tertiary alicyclic amines) is 1. The summed E-state index contributed by atoms with van der Waals surface area (Å²) < 4.78 is 33.6. The van der Waals surface area contributed by atoms with Gasteiger partial charge < -0.3 is 29.5 Å². The number of nitrogens with zero attached hydrogens (tertiary/aromatic N) is 3. The average Bonchev–Trinajstić information content (AvgIpc) is 3.82. The number of ether oxygens (including phenoxy) is 3. The number of fused-ring (bicyclic) bond motifs is 1. The lowest BCUT2D eigenvalue weighted by atomic mass is 9.93. The minimum Gasteiger partial charge on any atom is -0.493 e. The van der Waals surface area contributed by atoms with Gasteiger partial charge in [-0.05, 0) is 129 Å². The molecular weight excluding hydrogens is 727 g/mol. The van der Waals surface area contributed by atoms with E-state index in [0.717, 1.165) is 86.2 Å². The molecule has 8 nitrogen and oxygen atoms in total. The van der Waals surface area contributed by atoms with Gasteiger partial charge in [0.05, 0.1) is 30.4 Å². The molecule has 3 atom stereocenters. The first-order valence-corrected chi connectivity index (χ1v) is 20.2. The number of hydrogen-bond donors (Lipinski definition) is 2. The highest BCUT2D eigenvalue weighted by atomic mass is 35.5. The summed E-state index contributed by atoms with van der Waals surface area (Å²) in [5.41, 5.74) is 7.06. The summed E-state index contributed by atoms with van der Waals surface area (Å²) in [6.07, 6.45) is 5.75. The molecule has 4 aromatic rings. The van der Waals surface area contributed by atoms with Crippen LogP contribution in [0.5, 0.6) is 17.2 Å². The van der Waals surface area contributed by atoms with E-state index < -0.39 is 11.8 Å². The first kappa shape index (κ1) is 39.6. The van der Waals surface area contributed by atoms with Gasteiger partial charge in [0.1, 0.15) is 35.6 Å². The second-order valence-electron chi connectivity index (χ2n) is 15.7. The van der Waals surface area contributed by atoms with Crippen LogP contribution in [0.3, 0.4) is 0 Å². The van der Waals surface area contributed by atoms with Crippen molar-refractivity contribution in [3.8, 4) is 34.4 Å². The summed E-state index contributed by atoms with van der Waals surface area (Å²) in [5, 5.41) is 23.9. The third-order valence-electron chi connectivity index (χ3n) is 11.6. The molecule has 0 bridgehead atoms. The first-order chi connectivity index (χ1) is 27.1. The molecule has 2 fully saturated rings. The fourth-order valence-electron chi connectivity index (χ4n) is 8.33. The topological polar surface area (TPSA) is 91.3 Å². The number of rotatable bonds is 14. The lowest BCUT2D eigenvalue weighted by Crippen LogP contribution is -2.40. The van der Waals surface area contributed by atoms with Crippen LogP contribution in [0.4, 0.5) is 10.1 Å². The highest BCUT2D eigenvalue weighted by Gasteiger charge is 2.30. The summed E-state index contributed by atoms with van der Waals surface area (Å²) in [6.45, 7) is 15.0. The van der Waals surface area contributed by atoms with Crippen LogP contribution in [-0.4, -0.2) is 54.1 Å². The Labute approximate surface area is 335 Å². The van der Waals surface area contributed by atoms with Crippen molar-refractivity contribution < 1.29 is 23.7 Å². The van der Waals surface area contributed by atoms with Crippen molar-refractivity contribution >= 4 is 17.3 Å². The van der Waals surface area contributed by atoms with Crippen LogP contribution in [0.25, 0.3) is 16.0 Å². The molecule has 3 aliphatic rings. The quantitative estimate of drug-likeness (QED) is 0.0974. The maximum atomic E-state index is 14.2. The Morgan fingerprint density at radius 1 is 1.02 bits per heavy atom. The van der Waals surface area contributed by atoms with E-state index in [-0.39, 0.29) is 18.8 Å². The molecule has 7 rings (SSSR count). The second kappa shape index (κ2) is 17.7. The van der Waals surface area contributed by atoms with Gasteiger partial charge in [-0.25, -0.2) is 9.24 Å². The fourth-order valence-corrected chi connectivity index (χ4v) is 8.56. The molecule has 0 radical (unpaired) electrons. The molecule has 10 heteroatoms. The van der Waals surface area contributed by atoms with Crippen LogP contribution < -0.4 is 19.5 Å². The van der Waals surface area contributed by atoms with Gasteiger partial charge in [0.2, 0.25) is 0 Å². The Balaban J connectivity index is 1.07.